The third-order valence-electron chi connectivity index (χ3n) is 1.85. The fourth-order valence-electron chi connectivity index (χ4n) is 1.15. The molecule has 0 amide bonds. The van der Waals surface area contributed by atoms with Crippen molar-refractivity contribution in [2.24, 2.45) is 0 Å². The molecular weight excluding hydrogens is 178 g/mol. The van der Waals surface area contributed by atoms with Gasteiger partial charge in [-0.15, -0.1) is 0 Å². The van der Waals surface area contributed by atoms with Gasteiger partial charge >= 0.3 is 0 Å². The number of ether oxygens (including phenoxy) is 1. The Morgan fingerprint density at radius 1 is 1.36 bits per heavy atom. The molecule has 0 radical (unpaired) electrons. The molecule has 0 aliphatic heterocycles. The van der Waals surface area contributed by atoms with Crippen LogP contribution in [0.1, 0.15) is 19.7 Å². The molecule has 1 aromatic heterocycles. The third-order valence-corrected chi connectivity index (χ3v) is 1.85. The Hall–Kier alpha value is -1.00. The monoisotopic (exact) mass is 195 g/mol. The minimum Gasteiger partial charge on any atom is -0.383 e. The minimum absolute atomic E-state index is 0.0477. The number of hydrogen-bond donors (Lipinski definition) is 1. The lowest BCUT2D eigenvalue weighted by atomic mass is 10.1. The molecular formula is C10H17N3O. The molecule has 0 atom stereocenters. The summed E-state index contributed by atoms with van der Waals surface area (Å²) in [4.78, 5) is 8.26. The number of rotatable bonds is 5. The smallest absolute Gasteiger partial charge is 0.141 e. The van der Waals surface area contributed by atoms with E-state index in [0.717, 1.165) is 5.82 Å². The molecule has 0 aromatic carbocycles. The Labute approximate surface area is 84.7 Å². The Morgan fingerprint density at radius 2 is 2.00 bits per heavy atom. The van der Waals surface area contributed by atoms with Crippen molar-refractivity contribution in [1.82, 2.24) is 15.3 Å². The Kier molecular flexibility index (Phi) is 3.98. The topological polar surface area (TPSA) is 47.0 Å². The SMILES string of the molecule is COCC(C)(C)NCc1ncccn1. The summed E-state index contributed by atoms with van der Waals surface area (Å²) < 4.78 is 5.09. The summed E-state index contributed by atoms with van der Waals surface area (Å²) in [5.74, 6) is 0.802. The number of hydrogen-bond acceptors (Lipinski definition) is 4. The molecule has 14 heavy (non-hydrogen) atoms. The number of nitrogens with one attached hydrogen (secondary N) is 1. The first-order chi connectivity index (χ1) is 6.64. The first kappa shape index (κ1) is 11.1. The van der Waals surface area contributed by atoms with Crippen molar-refractivity contribution in [2.45, 2.75) is 25.9 Å². The molecule has 0 saturated carbocycles. The molecule has 0 saturated heterocycles. The maximum absolute atomic E-state index is 5.09. The third kappa shape index (κ3) is 3.81. The van der Waals surface area contributed by atoms with Gasteiger partial charge in [0.05, 0.1) is 13.2 Å². The second kappa shape index (κ2) is 5.02. The first-order valence-electron chi connectivity index (χ1n) is 4.64. The molecule has 0 spiro atoms. The van der Waals surface area contributed by atoms with Crippen molar-refractivity contribution >= 4 is 0 Å². The van der Waals surface area contributed by atoms with Crippen molar-refractivity contribution in [1.29, 1.82) is 0 Å². The summed E-state index contributed by atoms with van der Waals surface area (Å²) in [6, 6.07) is 1.81. The van der Waals surface area contributed by atoms with E-state index in [1.54, 1.807) is 19.5 Å². The molecule has 1 heterocycles. The zero-order valence-corrected chi connectivity index (χ0v) is 8.95. The molecule has 1 rings (SSSR count). The van der Waals surface area contributed by atoms with Crippen LogP contribution in [-0.4, -0.2) is 29.2 Å². The fraction of sp³-hybridized carbons (Fsp3) is 0.600. The van der Waals surface area contributed by atoms with E-state index in [-0.39, 0.29) is 5.54 Å². The highest BCUT2D eigenvalue weighted by atomic mass is 16.5. The lowest BCUT2D eigenvalue weighted by Gasteiger charge is -2.24. The van der Waals surface area contributed by atoms with Crippen LogP contribution in [0, 0.1) is 0 Å². The first-order valence-corrected chi connectivity index (χ1v) is 4.64. The summed E-state index contributed by atoms with van der Waals surface area (Å²) in [6.07, 6.45) is 3.49. The standard InChI is InChI=1S/C10H17N3O/c1-10(2,8-14-3)13-7-9-11-5-4-6-12-9/h4-6,13H,7-8H2,1-3H3. The maximum Gasteiger partial charge on any atom is 0.141 e. The lowest BCUT2D eigenvalue weighted by molar-refractivity contribution is 0.127. The molecule has 1 aromatic rings. The van der Waals surface area contributed by atoms with Gasteiger partial charge in [-0.25, -0.2) is 9.97 Å². The van der Waals surface area contributed by atoms with Crippen molar-refractivity contribution < 1.29 is 4.74 Å². The van der Waals surface area contributed by atoms with Crippen LogP contribution in [0.5, 0.6) is 0 Å². The van der Waals surface area contributed by atoms with Gasteiger partial charge in [-0.1, -0.05) is 0 Å². The van der Waals surface area contributed by atoms with Gasteiger partial charge in [-0.2, -0.15) is 0 Å². The highest BCUT2D eigenvalue weighted by Gasteiger charge is 2.16. The zero-order chi connectivity index (χ0) is 10.4. The number of aromatic nitrogens is 2. The van der Waals surface area contributed by atoms with Crippen molar-refractivity contribution in [3.63, 3.8) is 0 Å². The normalized spacial score (nSPS) is 11.6. The Morgan fingerprint density at radius 3 is 2.57 bits per heavy atom. The quantitative estimate of drug-likeness (QED) is 0.761. The molecule has 4 heteroatoms. The second-order valence-corrected chi connectivity index (χ2v) is 3.84. The van der Waals surface area contributed by atoms with Crippen LogP contribution in [0.4, 0.5) is 0 Å². The summed E-state index contributed by atoms with van der Waals surface area (Å²) in [5, 5.41) is 3.33. The number of nitrogens with zero attached hydrogens (tertiary/aromatic N) is 2. The van der Waals surface area contributed by atoms with E-state index in [1.165, 1.54) is 0 Å². The lowest BCUT2D eigenvalue weighted by Crippen LogP contribution is -2.43. The maximum atomic E-state index is 5.09. The second-order valence-electron chi connectivity index (χ2n) is 3.84. The summed E-state index contributed by atoms with van der Waals surface area (Å²) >= 11 is 0. The summed E-state index contributed by atoms with van der Waals surface area (Å²) in [6.45, 7) is 5.50. The van der Waals surface area contributed by atoms with Gasteiger partial charge in [0.25, 0.3) is 0 Å². The van der Waals surface area contributed by atoms with Crippen LogP contribution in [-0.2, 0) is 11.3 Å². The molecule has 0 fully saturated rings. The van der Waals surface area contributed by atoms with E-state index in [1.807, 2.05) is 6.07 Å². The van der Waals surface area contributed by atoms with E-state index in [9.17, 15) is 0 Å². The Bertz CT molecular complexity index is 261. The van der Waals surface area contributed by atoms with Crippen LogP contribution >= 0.6 is 0 Å². The molecule has 78 valence electrons. The average molecular weight is 195 g/mol. The van der Waals surface area contributed by atoms with Gasteiger partial charge in [0, 0.05) is 25.0 Å². The molecule has 1 N–H and O–H groups in total. The van der Waals surface area contributed by atoms with E-state index >= 15 is 0 Å². The molecule has 0 aliphatic carbocycles. The van der Waals surface area contributed by atoms with Crippen LogP contribution in [0.3, 0.4) is 0 Å². The van der Waals surface area contributed by atoms with Crippen molar-refractivity contribution in [3.8, 4) is 0 Å². The van der Waals surface area contributed by atoms with Crippen LogP contribution in [0.15, 0.2) is 18.5 Å². The summed E-state index contributed by atoms with van der Waals surface area (Å²) in [5.41, 5.74) is -0.0477. The minimum atomic E-state index is -0.0477. The van der Waals surface area contributed by atoms with Crippen molar-refractivity contribution in [3.05, 3.63) is 24.3 Å². The molecule has 0 bridgehead atoms. The van der Waals surface area contributed by atoms with Crippen molar-refractivity contribution in [2.75, 3.05) is 13.7 Å². The van der Waals surface area contributed by atoms with Crippen LogP contribution in [0.25, 0.3) is 0 Å². The predicted molar refractivity (Wildman–Crippen MR) is 54.8 cm³/mol. The van der Waals surface area contributed by atoms with Gasteiger partial charge in [0.1, 0.15) is 5.82 Å². The van der Waals surface area contributed by atoms with E-state index < -0.39 is 0 Å². The van der Waals surface area contributed by atoms with Gasteiger partial charge in [-0.3, -0.25) is 0 Å². The van der Waals surface area contributed by atoms with Gasteiger partial charge in [-0.05, 0) is 19.9 Å². The van der Waals surface area contributed by atoms with Gasteiger partial charge < -0.3 is 10.1 Å². The van der Waals surface area contributed by atoms with E-state index in [0.29, 0.717) is 13.2 Å². The van der Waals surface area contributed by atoms with Gasteiger partial charge in [0.15, 0.2) is 0 Å². The predicted octanol–water partition coefficient (Wildman–Crippen LogP) is 0.991. The van der Waals surface area contributed by atoms with Crippen LogP contribution < -0.4 is 5.32 Å². The fourth-order valence-corrected chi connectivity index (χ4v) is 1.15. The van der Waals surface area contributed by atoms with E-state index in [2.05, 4.69) is 29.1 Å². The average Bonchev–Trinajstić information content (AvgIpc) is 2.17. The van der Waals surface area contributed by atoms with Crippen LogP contribution in [0.2, 0.25) is 0 Å². The highest BCUT2D eigenvalue weighted by Crippen LogP contribution is 2.02. The molecule has 0 aliphatic rings. The van der Waals surface area contributed by atoms with E-state index in [4.69, 9.17) is 4.74 Å². The number of methoxy groups -OCH3 is 1. The largest absolute Gasteiger partial charge is 0.383 e. The Balaban J connectivity index is 2.40. The highest BCUT2D eigenvalue weighted by molar-refractivity contribution is 4.90. The molecule has 0 unspecified atom stereocenters. The zero-order valence-electron chi connectivity index (χ0n) is 8.95. The van der Waals surface area contributed by atoms with Gasteiger partial charge in [0.2, 0.25) is 0 Å². The molecule has 4 nitrogen and oxygen atoms in total. The summed E-state index contributed by atoms with van der Waals surface area (Å²) in [7, 11) is 1.70.